The number of ether oxygens (including phenoxy) is 1. The number of carbonyl (C=O) groups is 1. The highest BCUT2D eigenvalue weighted by molar-refractivity contribution is 5.82. The van der Waals surface area contributed by atoms with Gasteiger partial charge in [0.15, 0.2) is 5.60 Å². The molecular weight excluding hydrogens is 120 g/mol. The summed E-state index contributed by atoms with van der Waals surface area (Å²) in [5.41, 5.74) is -1.41. The first kappa shape index (κ1) is 6.55. The third-order valence-corrected chi connectivity index (χ3v) is 1.97. The minimum absolute atomic E-state index is 0.473. The van der Waals surface area contributed by atoms with Crippen LogP contribution in [0, 0.1) is 0 Å². The molecule has 1 fully saturated rings. The molecule has 1 heterocycles. The Morgan fingerprint density at radius 1 is 1.44 bits per heavy atom. The molecule has 9 heavy (non-hydrogen) atoms. The minimum atomic E-state index is -0.938. The zero-order valence-electron chi connectivity index (χ0n) is 5.76. The van der Waals surface area contributed by atoms with E-state index in [4.69, 9.17) is 9.84 Å². The first-order chi connectivity index (χ1) is 3.90. The maximum absolute atomic E-state index is 10.4. The average Bonchev–Trinajstić information content (AvgIpc) is 2.08. The van der Waals surface area contributed by atoms with Gasteiger partial charge < -0.3 is 9.84 Å². The largest absolute Gasteiger partial charge is 0.479 e. The van der Waals surface area contributed by atoms with E-state index in [0.29, 0.717) is 0 Å². The van der Waals surface area contributed by atoms with Crippen LogP contribution < -0.4 is 0 Å². The van der Waals surface area contributed by atoms with Crippen LogP contribution in [-0.2, 0) is 9.53 Å². The molecule has 0 spiro atoms. The van der Waals surface area contributed by atoms with E-state index in [1.165, 1.54) is 0 Å². The number of rotatable bonds is 1. The lowest BCUT2D eigenvalue weighted by atomic mass is 9.99. The second kappa shape index (κ2) is 1.29. The van der Waals surface area contributed by atoms with E-state index in [2.05, 4.69) is 0 Å². The van der Waals surface area contributed by atoms with Crippen molar-refractivity contribution < 1.29 is 14.6 Å². The fourth-order valence-electron chi connectivity index (χ4n) is 0.786. The second-order valence-electron chi connectivity index (χ2n) is 2.95. The molecule has 1 saturated heterocycles. The van der Waals surface area contributed by atoms with Gasteiger partial charge in [-0.15, -0.1) is 0 Å². The predicted octanol–water partition coefficient (Wildman–Crippen LogP) is 0.639. The lowest BCUT2D eigenvalue weighted by Crippen LogP contribution is -2.26. The Kier molecular flexibility index (Phi) is 0.939. The SMILES string of the molecule is CC1(C)OC1(C)C(=O)O. The quantitative estimate of drug-likeness (QED) is 0.530. The summed E-state index contributed by atoms with van der Waals surface area (Å²) < 4.78 is 4.95. The zero-order chi connectivity index (χ0) is 7.28. The van der Waals surface area contributed by atoms with Crippen molar-refractivity contribution in [1.29, 1.82) is 0 Å². The van der Waals surface area contributed by atoms with Gasteiger partial charge in [0, 0.05) is 0 Å². The normalized spacial score (nSPS) is 38.1. The molecule has 0 bridgehead atoms. The van der Waals surface area contributed by atoms with Crippen LogP contribution in [0.15, 0.2) is 0 Å². The molecule has 3 nitrogen and oxygen atoms in total. The van der Waals surface area contributed by atoms with Gasteiger partial charge in [0.25, 0.3) is 0 Å². The van der Waals surface area contributed by atoms with Crippen LogP contribution in [0.3, 0.4) is 0 Å². The van der Waals surface area contributed by atoms with Crippen molar-refractivity contribution in [1.82, 2.24) is 0 Å². The van der Waals surface area contributed by atoms with Crippen LogP contribution in [0.1, 0.15) is 20.8 Å². The van der Waals surface area contributed by atoms with E-state index in [9.17, 15) is 4.79 Å². The van der Waals surface area contributed by atoms with Crippen LogP contribution in [0.5, 0.6) is 0 Å². The van der Waals surface area contributed by atoms with Gasteiger partial charge in [-0.1, -0.05) is 0 Å². The molecule has 52 valence electrons. The Balaban J connectivity index is 2.74. The van der Waals surface area contributed by atoms with Gasteiger partial charge in [0.2, 0.25) is 0 Å². The molecule has 0 saturated carbocycles. The molecule has 1 unspecified atom stereocenters. The zero-order valence-corrected chi connectivity index (χ0v) is 5.76. The fourth-order valence-corrected chi connectivity index (χ4v) is 0.786. The minimum Gasteiger partial charge on any atom is -0.479 e. The Hall–Kier alpha value is -0.570. The number of aliphatic carboxylic acids is 1. The molecule has 0 aromatic rings. The highest BCUT2D eigenvalue weighted by atomic mass is 16.6. The average molecular weight is 130 g/mol. The Labute approximate surface area is 53.6 Å². The smallest absolute Gasteiger partial charge is 0.338 e. The van der Waals surface area contributed by atoms with Gasteiger partial charge in [-0.3, -0.25) is 0 Å². The number of carboxylic acid groups (broad SMARTS) is 1. The predicted molar refractivity (Wildman–Crippen MR) is 31.2 cm³/mol. The number of hydrogen-bond donors (Lipinski definition) is 1. The Bertz CT molecular complexity index is 162. The van der Waals surface area contributed by atoms with Crippen LogP contribution in [0.25, 0.3) is 0 Å². The first-order valence-corrected chi connectivity index (χ1v) is 2.84. The van der Waals surface area contributed by atoms with Gasteiger partial charge in [-0.2, -0.15) is 0 Å². The number of carboxylic acids is 1. The van der Waals surface area contributed by atoms with Gasteiger partial charge in [-0.25, -0.2) is 4.79 Å². The van der Waals surface area contributed by atoms with Gasteiger partial charge in [0.1, 0.15) is 5.60 Å². The van der Waals surface area contributed by atoms with Crippen molar-refractivity contribution in [3.8, 4) is 0 Å². The maximum Gasteiger partial charge on any atom is 0.338 e. The molecule has 1 aliphatic heterocycles. The van der Waals surface area contributed by atoms with E-state index in [1.54, 1.807) is 20.8 Å². The molecule has 0 aliphatic carbocycles. The molecule has 3 heteroatoms. The van der Waals surface area contributed by atoms with Crippen molar-refractivity contribution in [2.24, 2.45) is 0 Å². The third kappa shape index (κ3) is 0.645. The highest BCUT2D eigenvalue weighted by Gasteiger charge is 2.66. The molecule has 1 aliphatic rings. The lowest BCUT2D eigenvalue weighted by molar-refractivity contribution is -0.142. The van der Waals surface area contributed by atoms with E-state index < -0.39 is 17.2 Å². The summed E-state index contributed by atoms with van der Waals surface area (Å²) >= 11 is 0. The van der Waals surface area contributed by atoms with Crippen LogP contribution in [0.2, 0.25) is 0 Å². The summed E-state index contributed by atoms with van der Waals surface area (Å²) in [7, 11) is 0. The Morgan fingerprint density at radius 2 is 1.78 bits per heavy atom. The van der Waals surface area contributed by atoms with Crippen LogP contribution >= 0.6 is 0 Å². The number of hydrogen-bond acceptors (Lipinski definition) is 2. The van der Waals surface area contributed by atoms with Crippen molar-refractivity contribution in [2.75, 3.05) is 0 Å². The van der Waals surface area contributed by atoms with Crippen molar-refractivity contribution >= 4 is 5.97 Å². The molecule has 0 radical (unpaired) electrons. The van der Waals surface area contributed by atoms with Crippen molar-refractivity contribution in [3.05, 3.63) is 0 Å². The summed E-state index contributed by atoms with van der Waals surface area (Å²) in [4.78, 5) is 10.4. The number of epoxide rings is 1. The summed E-state index contributed by atoms with van der Waals surface area (Å²) in [6, 6.07) is 0. The first-order valence-electron chi connectivity index (χ1n) is 2.84. The molecule has 1 N–H and O–H groups in total. The van der Waals surface area contributed by atoms with Crippen molar-refractivity contribution in [2.45, 2.75) is 32.0 Å². The van der Waals surface area contributed by atoms with E-state index >= 15 is 0 Å². The van der Waals surface area contributed by atoms with Crippen LogP contribution in [-0.4, -0.2) is 22.3 Å². The van der Waals surface area contributed by atoms with Gasteiger partial charge in [-0.05, 0) is 20.8 Å². The van der Waals surface area contributed by atoms with E-state index in [0.717, 1.165) is 0 Å². The standard InChI is InChI=1S/C6H10O3/c1-5(2)6(3,9-5)4(7)8/h1-3H3,(H,7,8). The monoisotopic (exact) mass is 130 g/mol. The van der Waals surface area contributed by atoms with Gasteiger partial charge >= 0.3 is 5.97 Å². The summed E-state index contributed by atoms with van der Waals surface area (Å²) in [5, 5.41) is 8.52. The molecule has 0 amide bonds. The fraction of sp³-hybridized carbons (Fsp3) is 0.833. The third-order valence-electron chi connectivity index (χ3n) is 1.97. The van der Waals surface area contributed by atoms with E-state index in [1.807, 2.05) is 0 Å². The van der Waals surface area contributed by atoms with Crippen LogP contribution in [0.4, 0.5) is 0 Å². The van der Waals surface area contributed by atoms with Crippen molar-refractivity contribution in [3.63, 3.8) is 0 Å². The van der Waals surface area contributed by atoms with E-state index in [-0.39, 0.29) is 0 Å². The van der Waals surface area contributed by atoms with Gasteiger partial charge in [0.05, 0.1) is 0 Å². The second-order valence-corrected chi connectivity index (χ2v) is 2.95. The molecule has 1 atom stereocenters. The molecule has 1 rings (SSSR count). The summed E-state index contributed by atoms with van der Waals surface area (Å²) in [6.45, 7) is 5.11. The maximum atomic E-state index is 10.4. The molecule has 0 aromatic heterocycles. The molecule has 0 aromatic carbocycles. The summed E-state index contributed by atoms with van der Waals surface area (Å²) in [6.07, 6.45) is 0. The molecular formula is C6H10O3. The highest BCUT2D eigenvalue weighted by Crippen LogP contribution is 2.46. The topological polar surface area (TPSA) is 49.8 Å². The lowest BCUT2D eigenvalue weighted by Gasteiger charge is -1.99. The summed E-state index contributed by atoms with van der Waals surface area (Å²) in [5.74, 6) is -0.882. The Morgan fingerprint density at radius 3 is 1.78 bits per heavy atom.